The molecule has 0 spiro atoms. The third kappa shape index (κ3) is 4.37. The molecular weight excluding hydrogens is 283 g/mol. The normalized spacial score (nSPS) is 19.4. The van der Waals surface area contributed by atoms with Gasteiger partial charge in [0.2, 0.25) is 0 Å². The van der Waals surface area contributed by atoms with Gasteiger partial charge in [-0.2, -0.15) is 13.2 Å². The fourth-order valence-corrected chi connectivity index (χ4v) is 2.41. The number of alkyl halides is 3. The zero-order chi connectivity index (χ0) is 15.5. The Bertz CT molecular complexity index is 502. The number of amides is 1. The highest BCUT2D eigenvalue weighted by atomic mass is 19.4. The maximum atomic E-state index is 12.6. The second kappa shape index (κ2) is 6.37. The largest absolute Gasteiger partial charge is 0.484 e. The minimum Gasteiger partial charge on any atom is -0.484 e. The van der Waals surface area contributed by atoms with Crippen LogP contribution in [0.15, 0.2) is 24.3 Å². The summed E-state index contributed by atoms with van der Waals surface area (Å²) in [6.07, 6.45) is -2.36. The Balaban J connectivity index is 1.92. The van der Waals surface area contributed by atoms with E-state index >= 15 is 0 Å². The number of rotatable bonds is 3. The van der Waals surface area contributed by atoms with Gasteiger partial charge in [-0.3, -0.25) is 4.79 Å². The zero-order valence-corrected chi connectivity index (χ0v) is 11.8. The first-order valence-corrected chi connectivity index (χ1v) is 6.94. The van der Waals surface area contributed by atoms with Gasteiger partial charge in [-0.25, -0.2) is 0 Å². The van der Waals surface area contributed by atoms with Gasteiger partial charge in [0, 0.05) is 13.1 Å². The van der Waals surface area contributed by atoms with Gasteiger partial charge in [0.05, 0.1) is 5.56 Å². The molecule has 0 saturated carbocycles. The molecule has 1 saturated heterocycles. The number of carbonyl (C=O) groups excluding carboxylic acids is 1. The Morgan fingerprint density at radius 1 is 1.43 bits per heavy atom. The van der Waals surface area contributed by atoms with Crippen LogP contribution in [0.1, 0.15) is 25.3 Å². The predicted octanol–water partition coefficient (Wildman–Crippen LogP) is 3.34. The van der Waals surface area contributed by atoms with Crippen molar-refractivity contribution in [3.8, 4) is 5.75 Å². The third-order valence-electron chi connectivity index (χ3n) is 3.53. The van der Waals surface area contributed by atoms with E-state index in [1.54, 1.807) is 4.90 Å². The van der Waals surface area contributed by atoms with Crippen molar-refractivity contribution in [2.45, 2.75) is 25.9 Å². The standard InChI is InChI=1S/C15H18F3NO2/c1-11-4-3-7-19(9-11)14(20)10-21-13-6-2-5-12(8-13)15(16,17)18/h2,5-6,8,11H,3-4,7,9-10H2,1H3. The first kappa shape index (κ1) is 15.7. The zero-order valence-electron chi connectivity index (χ0n) is 11.8. The molecule has 1 fully saturated rings. The summed E-state index contributed by atoms with van der Waals surface area (Å²) in [5.74, 6) is 0.332. The van der Waals surface area contributed by atoms with Crippen LogP contribution in [0.4, 0.5) is 13.2 Å². The molecule has 1 aromatic rings. The number of hydrogen-bond acceptors (Lipinski definition) is 2. The molecule has 0 N–H and O–H groups in total. The van der Waals surface area contributed by atoms with Crippen molar-refractivity contribution in [2.24, 2.45) is 5.92 Å². The van der Waals surface area contributed by atoms with Gasteiger partial charge in [0.25, 0.3) is 5.91 Å². The number of ether oxygens (including phenoxy) is 1. The van der Waals surface area contributed by atoms with E-state index in [9.17, 15) is 18.0 Å². The first-order valence-electron chi connectivity index (χ1n) is 6.94. The van der Waals surface area contributed by atoms with Crippen LogP contribution < -0.4 is 4.74 Å². The molecule has 21 heavy (non-hydrogen) atoms. The van der Waals surface area contributed by atoms with Crippen LogP contribution in [0.3, 0.4) is 0 Å². The van der Waals surface area contributed by atoms with E-state index in [-0.39, 0.29) is 18.3 Å². The monoisotopic (exact) mass is 301 g/mol. The highest BCUT2D eigenvalue weighted by Gasteiger charge is 2.30. The summed E-state index contributed by atoms with van der Waals surface area (Å²) < 4.78 is 42.9. The fourth-order valence-electron chi connectivity index (χ4n) is 2.41. The smallest absolute Gasteiger partial charge is 0.416 e. The molecule has 1 heterocycles. The predicted molar refractivity (Wildman–Crippen MR) is 71.9 cm³/mol. The molecule has 3 nitrogen and oxygen atoms in total. The van der Waals surface area contributed by atoms with E-state index in [1.807, 2.05) is 0 Å². The Labute approximate surface area is 121 Å². The second-order valence-corrected chi connectivity index (χ2v) is 5.40. The van der Waals surface area contributed by atoms with Gasteiger partial charge >= 0.3 is 6.18 Å². The van der Waals surface area contributed by atoms with Gasteiger partial charge < -0.3 is 9.64 Å². The topological polar surface area (TPSA) is 29.5 Å². The molecule has 1 amide bonds. The van der Waals surface area contributed by atoms with Crippen LogP contribution in [0, 0.1) is 5.92 Å². The van der Waals surface area contributed by atoms with Crippen LogP contribution in [0.25, 0.3) is 0 Å². The van der Waals surface area contributed by atoms with Crippen molar-refractivity contribution in [1.29, 1.82) is 0 Å². The lowest BCUT2D eigenvalue weighted by Crippen LogP contribution is -2.41. The highest BCUT2D eigenvalue weighted by molar-refractivity contribution is 5.77. The van der Waals surface area contributed by atoms with Gasteiger partial charge in [0.15, 0.2) is 6.61 Å². The molecule has 0 aliphatic carbocycles. The molecule has 1 aliphatic rings. The van der Waals surface area contributed by atoms with Crippen LogP contribution in [0.5, 0.6) is 5.75 Å². The van der Waals surface area contributed by atoms with E-state index in [2.05, 4.69) is 6.92 Å². The van der Waals surface area contributed by atoms with Crippen LogP contribution in [-0.2, 0) is 11.0 Å². The molecule has 0 radical (unpaired) electrons. The van der Waals surface area contributed by atoms with Gasteiger partial charge in [-0.15, -0.1) is 0 Å². The molecule has 1 aliphatic heterocycles. The van der Waals surface area contributed by atoms with Crippen molar-refractivity contribution >= 4 is 5.91 Å². The first-order chi connectivity index (χ1) is 9.86. The van der Waals surface area contributed by atoms with Crippen LogP contribution in [0.2, 0.25) is 0 Å². The lowest BCUT2D eigenvalue weighted by molar-refractivity contribution is -0.137. The van der Waals surface area contributed by atoms with Crippen molar-refractivity contribution in [3.05, 3.63) is 29.8 Å². The minimum absolute atomic E-state index is 0.0585. The second-order valence-electron chi connectivity index (χ2n) is 5.40. The summed E-state index contributed by atoms with van der Waals surface area (Å²) in [5, 5.41) is 0. The van der Waals surface area contributed by atoms with Crippen molar-refractivity contribution in [3.63, 3.8) is 0 Å². The maximum Gasteiger partial charge on any atom is 0.416 e. The Morgan fingerprint density at radius 3 is 2.86 bits per heavy atom. The van der Waals surface area contributed by atoms with E-state index in [0.29, 0.717) is 19.0 Å². The van der Waals surface area contributed by atoms with Gasteiger partial charge in [0.1, 0.15) is 5.75 Å². The number of hydrogen-bond donors (Lipinski definition) is 0. The number of carbonyl (C=O) groups is 1. The maximum absolute atomic E-state index is 12.6. The molecule has 0 aromatic heterocycles. The average Bonchev–Trinajstić information content (AvgIpc) is 2.44. The Morgan fingerprint density at radius 2 is 2.19 bits per heavy atom. The Kier molecular flexibility index (Phi) is 4.75. The van der Waals surface area contributed by atoms with E-state index in [0.717, 1.165) is 25.0 Å². The molecule has 1 atom stereocenters. The lowest BCUT2D eigenvalue weighted by Gasteiger charge is -2.30. The lowest BCUT2D eigenvalue weighted by atomic mass is 10.0. The number of likely N-dealkylation sites (tertiary alicyclic amines) is 1. The summed E-state index contributed by atoms with van der Waals surface area (Å²) in [4.78, 5) is 13.7. The summed E-state index contributed by atoms with van der Waals surface area (Å²) in [7, 11) is 0. The van der Waals surface area contributed by atoms with Gasteiger partial charge in [-0.05, 0) is 37.0 Å². The summed E-state index contributed by atoms with van der Waals surface area (Å²) in [5.41, 5.74) is -0.779. The molecule has 0 bridgehead atoms. The molecule has 2 rings (SSSR count). The van der Waals surface area contributed by atoms with Crippen LogP contribution in [-0.4, -0.2) is 30.5 Å². The van der Waals surface area contributed by atoms with E-state index < -0.39 is 11.7 Å². The van der Waals surface area contributed by atoms with E-state index in [4.69, 9.17) is 4.74 Å². The molecule has 116 valence electrons. The van der Waals surface area contributed by atoms with E-state index in [1.165, 1.54) is 12.1 Å². The number of benzene rings is 1. The van der Waals surface area contributed by atoms with Crippen molar-refractivity contribution < 1.29 is 22.7 Å². The summed E-state index contributed by atoms with van der Waals surface area (Å²) >= 11 is 0. The highest BCUT2D eigenvalue weighted by Crippen LogP contribution is 2.31. The summed E-state index contributed by atoms with van der Waals surface area (Å²) in [6, 6.07) is 4.57. The Hall–Kier alpha value is -1.72. The quantitative estimate of drug-likeness (QED) is 0.857. The molecule has 6 heteroatoms. The minimum atomic E-state index is -4.41. The number of nitrogens with zero attached hydrogens (tertiary/aromatic N) is 1. The molecule has 1 unspecified atom stereocenters. The van der Waals surface area contributed by atoms with Crippen molar-refractivity contribution in [1.82, 2.24) is 4.90 Å². The van der Waals surface area contributed by atoms with Crippen molar-refractivity contribution in [2.75, 3.05) is 19.7 Å². The number of halogens is 3. The fraction of sp³-hybridized carbons (Fsp3) is 0.533. The average molecular weight is 301 g/mol. The SMILES string of the molecule is CC1CCCN(C(=O)COc2cccc(C(F)(F)F)c2)C1. The molecule has 1 aromatic carbocycles. The number of piperidine rings is 1. The molecular formula is C15H18F3NO2. The third-order valence-corrected chi connectivity index (χ3v) is 3.53. The van der Waals surface area contributed by atoms with Gasteiger partial charge in [-0.1, -0.05) is 13.0 Å². The van der Waals surface area contributed by atoms with Crippen LogP contribution >= 0.6 is 0 Å². The summed E-state index contributed by atoms with van der Waals surface area (Å²) in [6.45, 7) is 3.22.